The second kappa shape index (κ2) is 9.56. The number of sulfonamides is 1. The summed E-state index contributed by atoms with van der Waals surface area (Å²) in [6.45, 7) is 2.98. The summed E-state index contributed by atoms with van der Waals surface area (Å²) in [6, 6.07) is 11.1. The van der Waals surface area contributed by atoms with Gasteiger partial charge in [-0.3, -0.25) is 4.79 Å². The number of morpholine rings is 1. The first-order valence-electron chi connectivity index (χ1n) is 10.8. The highest BCUT2D eigenvalue weighted by Gasteiger charge is 2.29. The average molecular weight is 462 g/mol. The molecule has 0 radical (unpaired) electrons. The van der Waals surface area contributed by atoms with Crippen molar-refractivity contribution in [2.45, 2.75) is 24.3 Å². The largest absolute Gasteiger partial charge is 0.379 e. The zero-order valence-corrected chi connectivity index (χ0v) is 19.0. The number of benzene rings is 2. The van der Waals surface area contributed by atoms with Crippen molar-refractivity contribution in [1.29, 1.82) is 0 Å². The van der Waals surface area contributed by atoms with E-state index in [9.17, 15) is 17.6 Å². The topological polar surface area (TPSA) is 70.2 Å². The molecule has 9 heteroatoms. The zero-order chi connectivity index (χ0) is 22.7. The van der Waals surface area contributed by atoms with Crippen LogP contribution in [0.25, 0.3) is 0 Å². The molecule has 4 rings (SSSR count). The van der Waals surface area contributed by atoms with E-state index in [2.05, 4.69) is 4.90 Å². The van der Waals surface area contributed by atoms with Gasteiger partial charge in [0, 0.05) is 51.0 Å². The van der Waals surface area contributed by atoms with Gasteiger partial charge in [0.2, 0.25) is 10.0 Å². The highest BCUT2D eigenvalue weighted by atomic mass is 32.2. The van der Waals surface area contributed by atoms with E-state index in [1.54, 1.807) is 37.4 Å². The Morgan fingerprint density at radius 1 is 1.06 bits per heavy atom. The van der Waals surface area contributed by atoms with E-state index in [4.69, 9.17) is 4.74 Å². The molecular weight excluding hydrogens is 433 g/mol. The van der Waals surface area contributed by atoms with Crippen molar-refractivity contribution in [3.05, 3.63) is 59.4 Å². The first-order chi connectivity index (χ1) is 15.4. The van der Waals surface area contributed by atoms with Crippen LogP contribution in [0.3, 0.4) is 0 Å². The molecule has 0 N–H and O–H groups in total. The molecule has 0 bridgehead atoms. The summed E-state index contributed by atoms with van der Waals surface area (Å²) in [5.74, 6) is -0.718. The predicted molar refractivity (Wildman–Crippen MR) is 120 cm³/mol. The highest BCUT2D eigenvalue weighted by Crippen LogP contribution is 2.30. The standard InChI is InChI=1S/C23H28FN3O4S/c1-25(17-18-6-2-3-7-21(18)24)23(28)20-16-19(8-9-22(20)26-10-4-5-11-26)32(29,30)27-12-14-31-15-13-27/h2-3,6-9,16H,4-5,10-15,17H2,1H3. The van der Waals surface area contributed by atoms with Crippen LogP contribution in [0.2, 0.25) is 0 Å². The van der Waals surface area contributed by atoms with Crippen LogP contribution < -0.4 is 4.90 Å². The van der Waals surface area contributed by atoms with Gasteiger partial charge in [-0.25, -0.2) is 12.8 Å². The molecule has 172 valence electrons. The number of hydrogen-bond acceptors (Lipinski definition) is 5. The van der Waals surface area contributed by atoms with E-state index >= 15 is 0 Å². The van der Waals surface area contributed by atoms with Gasteiger partial charge in [0.25, 0.3) is 5.91 Å². The molecular formula is C23H28FN3O4S. The first-order valence-corrected chi connectivity index (χ1v) is 12.3. The van der Waals surface area contributed by atoms with Crippen molar-refractivity contribution in [3.63, 3.8) is 0 Å². The van der Waals surface area contributed by atoms with Crippen LogP contribution >= 0.6 is 0 Å². The molecule has 0 saturated carbocycles. The summed E-state index contributed by atoms with van der Waals surface area (Å²) >= 11 is 0. The highest BCUT2D eigenvalue weighted by molar-refractivity contribution is 7.89. The van der Waals surface area contributed by atoms with E-state index < -0.39 is 10.0 Å². The van der Waals surface area contributed by atoms with Crippen molar-refractivity contribution in [3.8, 4) is 0 Å². The number of carbonyl (C=O) groups excluding carboxylic acids is 1. The third-order valence-corrected chi connectivity index (χ3v) is 7.86. The third-order valence-electron chi connectivity index (χ3n) is 5.97. The van der Waals surface area contributed by atoms with Gasteiger partial charge >= 0.3 is 0 Å². The van der Waals surface area contributed by atoms with Gasteiger partial charge < -0.3 is 14.5 Å². The van der Waals surface area contributed by atoms with Crippen molar-refractivity contribution in [2.75, 3.05) is 51.3 Å². The monoisotopic (exact) mass is 461 g/mol. The molecule has 0 aliphatic carbocycles. The fraction of sp³-hybridized carbons (Fsp3) is 0.435. The molecule has 32 heavy (non-hydrogen) atoms. The molecule has 2 heterocycles. The molecule has 0 aromatic heterocycles. The van der Waals surface area contributed by atoms with E-state index in [1.165, 1.54) is 21.3 Å². The van der Waals surface area contributed by atoms with Crippen LogP contribution in [0.15, 0.2) is 47.4 Å². The van der Waals surface area contributed by atoms with Crippen LogP contribution in [-0.2, 0) is 21.3 Å². The molecule has 2 aromatic carbocycles. The van der Waals surface area contributed by atoms with E-state index in [0.29, 0.717) is 30.0 Å². The maximum Gasteiger partial charge on any atom is 0.256 e. The van der Waals surface area contributed by atoms with Crippen molar-refractivity contribution < 1.29 is 22.3 Å². The lowest BCUT2D eigenvalue weighted by Crippen LogP contribution is -2.40. The molecule has 2 saturated heterocycles. The van der Waals surface area contributed by atoms with Crippen LogP contribution in [0, 0.1) is 5.82 Å². The van der Waals surface area contributed by atoms with Crippen LogP contribution in [0.5, 0.6) is 0 Å². The quantitative estimate of drug-likeness (QED) is 0.662. The maximum absolute atomic E-state index is 14.1. The SMILES string of the molecule is CN(Cc1ccccc1F)C(=O)c1cc(S(=O)(=O)N2CCOCC2)ccc1N1CCCC1. The number of rotatable bonds is 6. The Labute approximate surface area is 188 Å². The smallest absolute Gasteiger partial charge is 0.256 e. The van der Waals surface area contributed by atoms with Crippen LogP contribution in [-0.4, -0.2) is 70.0 Å². The number of halogens is 1. The second-order valence-corrected chi connectivity index (χ2v) is 10.1. The Bertz CT molecular complexity index is 1080. The molecule has 7 nitrogen and oxygen atoms in total. The average Bonchev–Trinajstić information content (AvgIpc) is 3.35. The zero-order valence-electron chi connectivity index (χ0n) is 18.2. The summed E-state index contributed by atoms with van der Waals surface area (Å²) in [6.07, 6.45) is 2.04. The molecule has 2 aromatic rings. The fourth-order valence-corrected chi connectivity index (χ4v) is 5.61. The maximum atomic E-state index is 14.1. The Morgan fingerprint density at radius 2 is 1.75 bits per heavy atom. The minimum Gasteiger partial charge on any atom is -0.379 e. The molecule has 0 unspecified atom stereocenters. The van der Waals surface area contributed by atoms with E-state index in [1.807, 2.05) is 0 Å². The van der Waals surface area contributed by atoms with Gasteiger partial charge in [-0.2, -0.15) is 4.31 Å². The van der Waals surface area contributed by atoms with Crippen LogP contribution in [0.4, 0.5) is 10.1 Å². The van der Waals surface area contributed by atoms with Crippen molar-refractivity contribution >= 4 is 21.6 Å². The summed E-state index contributed by atoms with van der Waals surface area (Å²) in [5, 5.41) is 0. The van der Waals surface area contributed by atoms with Crippen molar-refractivity contribution in [2.24, 2.45) is 0 Å². The number of anilines is 1. The third kappa shape index (κ3) is 4.65. The van der Waals surface area contributed by atoms with Gasteiger partial charge in [-0.05, 0) is 37.1 Å². The Kier molecular flexibility index (Phi) is 6.78. The summed E-state index contributed by atoms with van der Waals surface area (Å²) < 4.78 is 47.2. The fourth-order valence-electron chi connectivity index (χ4n) is 4.18. The number of amides is 1. The summed E-state index contributed by atoms with van der Waals surface area (Å²) in [7, 11) is -2.14. The lowest BCUT2D eigenvalue weighted by Gasteiger charge is -2.28. The van der Waals surface area contributed by atoms with Crippen LogP contribution in [0.1, 0.15) is 28.8 Å². The molecule has 0 spiro atoms. The number of carbonyl (C=O) groups is 1. The van der Waals surface area contributed by atoms with E-state index in [-0.39, 0.29) is 36.3 Å². The first kappa shape index (κ1) is 22.7. The number of nitrogens with zero attached hydrogens (tertiary/aromatic N) is 3. The number of hydrogen-bond donors (Lipinski definition) is 0. The van der Waals surface area contributed by atoms with Gasteiger partial charge in [0.15, 0.2) is 0 Å². The van der Waals surface area contributed by atoms with Gasteiger partial charge in [0.1, 0.15) is 5.82 Å². The lowest BCUT2D eigenvalue weighted by molar-refractivity contribution is 0.0730. The predicted octanol–water partition coefficient (Wildman–Crippen LogP) is 2.72. The molecule has 2 aliphatic rings. The molecule has 2 aliphatic heterocycles. The van der Waals surface area contributed by atoms with Gasteiger partial charge in [0.05, 0.1) is 23.7 Å². The van der Waals surface area contributed by atoms with Gasteiger partial charge in [-0.1, -0.05) is 18.2 Å². The van der Waals surface area contributed by atoms with Crippen molar-refractivity contribution in [1.82, 2.24) is 9.21 Å². The second-order valence-electron chi connectivity index (χ2n) is 8.14. The normalized spacial score (nSPS) is 17.5. The van der Waals surface area contributed by atoms with Gasteiger partial charge in [-0.15, -0.1) is 0 Å². The molecule has 0 atom stereocenters. The minimum absolute atomic E-state index is 0.0880. The summed E-state index contributed by atoms with van der Waals surface area (Å²) in [4.78, 5) is 17.1. The Hall–Kier alpha value is -2.49. The Balaban J connectivity index is 1.68. The Morgan fingerprint density at radius 3 is 2.44 bits per heavy atom. The summed E-state index contributed by atoms with van der Waals surface area (Å²) in [5.41, 5.74) is 1.44. The minimum atomic E-state index is -3.75. The molecule has 2 fully saturated rings. The number of ether oxygens (including phenoxy) is 1. The van der Waals surface area contributed by atoms with E-state index in [0.717, 1.165) is 25.9 Å². The molecule has 1 amide bonds. The lowest BCUT2D eigenvalue weighted by atomic mass is 10.1.